The van der Waals surface area contributed by atoms with Crippen molar-refractivity contribution < 1.29 is 19.1 Å². The quantitative estimate of drug-likeness (QED) is 0.0506. The van der Waals surface area contributed by atoms with E-state index in [-0.39, 0.29) is 24.4 Å². The number of anilines is 6. The lowest BCUT2D eigenvalue weighted by Crippen LogP contribution is -2.15. The molecule has 0 heterocycles. The Morgan fingerprint density at radius 2 is 0.685 bits per heavy atom. The molecule has 0 unspecified atom stereocenters. The lowest BCUT2D eigenvalue weighted by molar-refractivity contribution is -0.146. The number of hydrogen-bond donors (Lipinski definition) is 0. The summed E-state index contributed by atoms with van der Waals surface area (Å²) in [5.74, 6) is -1.71. The minimum absolute atomic E-state index is 0.212. The Balaban J connectivity index is 1.05. The fourth-order valence-electron chi connectivity index (χ4n) is 5.67. The molecule has 8 nitrogen and oxygen atoms in total. The molecule has 0 fully saturated rings. The predicted octanol–water partition coefficient (Wildman–Crippen LogP) is 10.2. The largest absolute Gasteiger partial charge is 0.458 e. The fraction of sp³-hybridized carbons (Fsp3) is 0.0435. The lowest BCUT2D eigenvalue weighted by Gasteiger charge is -2.25. The van der Waals surface area contributed by atoms with Crippen molar-refractivity contribution in [3.05, 3.63) is 192 Å². The zero-order valence-corrected chi connectivity index (χ0v) is 29.2. The van der Waals surface area contributed by atoms with E-state index in [1.54, 1.807) is 0 Å². The molecule has 6 aromatic rings. The Morgan fingerprint density at radius 1 is 0.426 bits per heavy atom. The van der Waals surface area contributed by atoms with Gasteiger partial charge in [0.15, 0.2) is 0 Å². The van der Waals surface area contributed by atoms with Crippen molar-refractivity contribution in [3.63, 3.8) is 0 Å². The molecule has 0 spiro atoms. The third-order valence-corrected chi connectivity index (χ3v) is 8.21. The van der Waals surface area contributed by atoms with Crippen LogP contribution in [0.4, 0.5) is 34.1 Å². The molecule has 8 heteroatoms. The summed E-state index contributed by atoms with van der Waals surface area (Å²) >= 11 is 0. The second-order valence-corrected chi connectivity index (χ2v) is 11.8. The average Bonchev–Trinajstić information content (AvgIpc) is 3.23. The van der Waals surface area contributed by atoms with Crippen LogP contribution in [0.2, 0.25) is 0 Å². The fourth-order valence-corrected chi connectivity index (χ4v) is 5.67. The van der Waals surface area contributed by atoms with Crippen molar-refractivity contribution >= 4 is 58.2 Å². The van der Waals surface area contributed by atoms with Gasteiger partial charge in [0, 0.05) is 34.1 Å². The lowest BCUT2D eigenvalue weighted by atomic mass is 10.1. The maximum absolute atomic E-state index is 12.7. The number of carbonyl (C=O) groups excluding carboxylic acids is 2. The molecular formula is C46H34N4O4. The third-order valence-electron chi connectivity index (χ3n) is 8.21. The smallest absolute Gasteiger partial charge is 0.349 e. The summed E-state index contributed by atoms with van der Waals surface area (Å²) in [5, 5.41) is 19.4. The van der Waals surface area contributed by atoms with Crippen LogP contribution >= 0.6 is 0 Å². The number of rotatable bonds is 13. The standard InChI is InChI=1S/C46H34N4O4/c47-33-37(31-35-21-25-43(26-22-35)49(39-13-5-1-6-14-39)40-15-7-2-8-16-40)45(51)53-29-30-54-46(52)38(34-48)32-36-23-27-44(28-24-36)50(41-17-9-3-10-18-41)42-19-11-4-12-20-42/h1-28,31-32H,29-30H2/b37-31+,38-32+. The maximum Gasteiger partial charge on any atom is 0.349 e. The second-order valence-electron chi connectivity index (χ2n) is 11.8. The van der Waals surface area contributed by atoms with E-state index in [9.17, 15) is 20.1 Å². The van der Waals surface area contributed by atoms with Crippen molar-refractivity contribution in [3.8, 4) is 12.1 Å². The molecule has 0 atom stereocenters. The summed E-state index contributed by atoms with van der Waals surface area (Å²) < 4.78 is 10.4. The van der Waals surface area contributed by atoms with Crippen LogP contribution < -0.4 is 9.80 Å². The Labute approximate surface area is 314 Å². The van der Waals surface area contributed by atoms with Crippen molar-refractivity contribution in [1.29, 1.82) is 10.5 Å². The molecule has 0 saturated heterocycles. The molecule has 0 aliphatic carbocycles. The summed E-state index contributed by atoms with van der Waals surface area (Å²) in [4.78, 5) is 29.7. The van der Waals surface area contributed by atoms with Crippen molar-refractivity contribution in [1.82, 2.24) is 0 Å². The molecule has 0 aliphatic rings. The highest BCUT2D eigenvalue weighted by Gasteiger charge is 2.16. The molecule has 6 rings (SSSR count). The van der Waals surface area contributed by atoms with Crippen molar-refractivity contribution in [2.45, 2.75) is 0 Å². The summed E-state index contributed by atoms with van der Waals surface area (Å²) in [6.45, 7) is -0.596. The summed E-state index contributed by atoms with van der Waals surface area (Å²) in [7, 11) is 0. The van der Waals surface area contributed by atoms with Crippen LogP contribution in [-0.4, -0.2) is 25.2 Å². The third kappa shape index (κ3) is 9.15. The zero-order chi connectivity index (χ0) is 37.5. The van der Waals surface area contributed by atoms with E-state index >= 15 is 0 Å². The van der Waals surface area contributed by atoms with Gasteiger partial charge < -0.3 is 19.3 Å². The van der Waals surface area contributed by atoms with Crippen LogP contribution in [0.5, 0.6) is 0 Å². The first-order valence-electron chi connectivity index (χ1n) is 17.1. The monoisotopic (exact) mass is 706 g/mol. The molecule has 0 N–H and O–H groups in total. The van der Waals surface area contributed by atoms with E-state index in [0.29, 0.717) is 11.1 Å². The van der Waals surface area contributed by atoms with Crippen LogP contribution in [0.3, 0.4) is 0 Å². The number of carbonyl (C=O) groups is 2. The number of esters is 2. The number of ether oxygens (including phenoxy) is 2. The number of nitrogens with zero attached hydrogens (tertiary/aromatic N) is 4. The summed E-state index contributed by atoms with van der Waals surface area (Å²) in [5.41, 5.74) is 6.55. The Bertz CT molecular complexity index is 2070. The number of benzene rings is 6. The van der Waals surface area contributed by atoms with Gasteiger partial charge in [0.2, 0.25) is 0 Å². The highest BCUT2D eigenvalue weighted by Crippen LogP contribution is 2.35. The zero-order valence-electron chi connectivity index (χ0n) is 29.2. The highest BCUT2D eigenvalue weighted by atomic mass is 16.6. The van der Waals surface area contributed by atoms with Gasteiger partial charge in [-0.3, -0.25) is 0 Å². The second kappa shape index (κ2) is 18.0. The van der Waals surface area contributed by atoms with Gasteiger partial charge in [0.1, 0.15) is 36.5 Å². The number of para-hydroxylation sites is 4. The number of nitriles is 2. The van der Waals surface area contributed by atoms with Gasteiger partial charge in [-0.2, -0.15) is 10.5 Å². The Kier molecular flexibility index (Phi) is 12.0. The van der Waals surface area contributed by atoms with E-state index in [2.05, 4.69) is 9.80 Å². The van der Waals surface area contributed by atoms with E-state index in [0.717, 1.165) is 34.1 Å². The highest BCUT2D eigenvalue weighted by molar-refractivity contribution is 5.99. The molecule has 262 valence electrons. The first kappa shape index (κ1) is 36.1. The van der Waals surface area contributed by atoms with Gasteiger partial charge in [0.25, 0.3) is 0 Å². The van der Waals surface area contributed by atoms with Gasteiger partial charge in [-0.25, -0.2) is 9.59 Å². The van der Waals surface area contributed by atoms with Gasteiger partial charge >= 0.3 is 11.9 Å². The van der Waals surface area contributed by atoms with Crippen LogP contribution in [0, 0.1) is 22.7 Å². The maximum atomic E-state index is 12.7. The first-order valence-corrected chi connectivity index (χ1v) is 17.1. The molecule has 6 aromatic carbocycles. The van der Waals surface area contributed by atoms with Crippen LogP contribution in [-0.2, 0) is 19.1 Å². The normalized spacial score (nSPS) is 11.1. The van der Waals surface area contributed by atoms with Gasteiger partial charge in [-0.15, -0.1) is 0 Å². The SMILES string of the molecule is N#C/C(=C\c1ccc(N(c2ccccc2)c2ccccc2)cc1)C(=O)OCCOC(=O)/C(C#N)=C/c1ccc(N(c2ccccc2)c2ccccc2)cc1. The molecule has 0 amide bonds. The van der Waals surface area contributed by atoms with E-state index in [1.807, 2.05) is 182 Å². The van der Waals surface area contributed by atoms with Gasteiger partial charge in [0.05, 0.1) is 0 Å². The Hall–Kier alpha value is -7.68. The molecule has 0 saturated carbocycles. The topological polar surface area (TPSA) is 107 Å². The molecule has 0 radical (unpaired) electrons. The minimum Gasteiger partial charge on any atom is -0.458 e. The van der Waals surface area contributed by atoms with E-state index < -0.39 is 11.9 Å². The van der Waals surface area contributed by atoms with E-state index in [4.69, 9.17) is 9.47 Å². The predicted molar refractivity (Wildman–Crippen MR) is 211 cm³/mol. The van der Waals surface area contributed by atoms with Crippen LogP contribution in [0.15, 0.2) is 181 Å². The Morgan fingerprint density at radius 3 is 0.944 bits per heavy atom. The van der Waals surface area contributed by atoms with Crippen LogP contribution in [0.25, 0.3) is 12.2 Å². The van der Waals surface area contributed by atoms with Gasteiger partial charge in [-0.05, 0) is 96.1 Å². The minimum atomic E-state index is -0.857. The first-order chi connectivity index (χ1) is 26.5. The van der Waals surface area contributed by atoms with Gasteiger partial charge in [-0.1, -0.05) is 97.1 Å². The summed E-state index contributed by atoms with van der Waals surface area (Å²) in [6, 6.07) is 58.4. The van der Waals surface area contributed by atoms with Crippen LogP contribution in [0.1, 0.15) is 11.1 Å². The number of hydrogen-bond acceptors (Lipinski definition) is 8. The van der Waals surface area contributed by atoms with Crippen molar-refractivity contribution in [2.24, 2.45) is 0 Å². The molecule has 0 aromatic heterocycles. The molecule has 0 aliphatic heterocycles. The van der Waals surface area contributed by atoms with Crippen molar-refractivity contribution in [2.75, 3.05) is 23.0 Å². The van der Waals surface area contributed by atoms with E-state index in [1.165, 1.54) is 12.2 Å². The molecular weight excluding hydrogens is 673 g/mol. The molecule has 0 bridgehead atoms. The molecule has 54 heavy (non-hydrogen) atoms. The average molecular weight is 707 g/mol. The summed E-state index contributed by atoms with van der Waals surface area (Å²) in [6.07, 6.45) is 2.88.